The maximum absolute atomic E-state index is 12.8. The van der Waals surface area contributed by atoms with Crippen molar-refractivity contribution in [3.8, 4) is 0 Å². The molecule has 17 heavy (non-hydrogen) atoms. The van der Waals surface area contributed by atoms with E-state index in [9.17, 15) is 9.18 Å². The molecule has 0 heterocycles. The van der Waals surface area contributed by atoms with E-state index in [4.69, 9.17) is 18.0 Å². The van der Waals surface area contributed by atoms with Crippen LogP contribution in [-0.2, 0) is 4.79 Å². The molecule has 1 aromatic carbocycles. The lowest BCUT2D eigenvalue weighted by atomic mass is 10.1. The van der Waals surface area contributed by atoms with Crippen molar-refractivity contribution < 1.29 is 9.18 Å². The highest BCUT2D eigenvalue weighted by atomic mass is 32.1. The Labute approximate surface area is 105 Å². The van der Waals surface area contributed by atoms with Crippen molar-refractivity contribution in [2.75, 3.05) is 11.9 Å². The lowest BCUT2D eigenvalue weighted by molar-refractivity contribution is -0.120. The lowest BCUT2D eigenvalue weighted by Gasteiger charge is -2.22. The summed E-state index contributed by atoms with van der Waals surface area (Å²) in [5, 5.41) is 0. The SMILES string of the molecule is CCC(C(=O)N(C)c1ccc(F)cc1)C(N)=S. The van der Waals surface area contributed by atoms with Crippen molar-refractivity contribution in [2.24, 2.45) is 11.7 Å². The van der Waals surface area contributed by atoms with Crippen LogP contribution in [0.15, 0.2) is 24.3 Å². The van der Waals surface area contributed by atoms with Gasteiger partial charge in [-0.2, -0.15) is 0 Å². The Morgan fingerprint density at radius 3 is 2.41 bits per heavy atom. The predicted octanol–water partition coefficient (Wildman–Crippen LogP) is 2.10. The van der Waals surface area contributed by atoms with Crippen molar-refractivity contribution in [1.29, 1.82) is 0 Å². The summed E-state index contributed by atoms with van der Waals surface area (Å²) in [6.07, 6.45) is 0.555. The molecule has 0 aliphatic carbocycles. The number of hydrogen-bond acceptors (Lipinski definition) is 2. The van der Waals surface area contributed by atoms with E-state index in [2.05, 4.69) is 0 Å². The van der Waals surface area contributed by atoms with Gasteiger partial charge in [-0.15, -0.1) is 0 Å². The molecule has 0 bridgehead atoms. The Balaban J connectivity index is 2.89. The third-order valence-electron chi connectivity index (χ3n) is 2.59. The minimum atomic E-state index is -0.472. The van der Waals surface area contributed by atoms with Crippen LogP contribution in [0, 0.1) is 11.7 Å². The zero-order chi connectivity index (χ0) is 13.0. The van der Waals surface area contributed by atoms with Crippen LogP contribution in [0.1, 0.15) is 13.3 Å². The quantitative estimate of drug-likeness (QED) is 0.837. The Hall–Kier alpha value is -1.49. The lowest BCUT2D eigenvalue weighted by Crippen LogP contribution is -2.38. The van der Waals surface area contributed by atoms with Gasteiger partial charge in [-0.05, 0) is 30.7 Å². The van der Waals surface area contributed by atoms with E-state index >= 15 is 0 Å². The molecular weight excluding hydrogens is 239 g/mol. The highest BCUT2D eigenvalue weighted by molar-refractivity contribution is 7.80. The van der Waals surface area contributed by atoms with Gasteiger partial charge in [-0.3, -0.25) is 4.79 Å². The summed E-state index contributed by atoms with van der Waals surface area (Å²) in [5.41, 5.74) is 6.13. The summed E-state index contributed by atoms with van der Waals surface area (Å²) in [4.78, 5) is 13.7. The smallest absolute Gasteiger partial charge is 0.236 e. The van der Waals surface area contributed by atoms with Crippen molar-refractivity contribution in [1.82, 2.24) is 0 Å². The molecule has 0 spiro atoms. The highest BCUT2D eigenvalue weighted by Gasteiger charge is 2.23. The summed E-state index contributed by atoms with van der Waals surface area (Å²) in [5.74, 6) is -0.984. The number of nitrogens with two attached hydrogens (primary N) is 1. The van der Waals surface area contributed by atoms with Gasteiger partial charge >= 0.3 is 0 Å². The number of rotatable bonds is 4. The average molecular weight is 254 g/mol. The zero-order valence-electron chi connectivity index (χ0n) is 9.81. The first-order chi connectivity index (χ1) is 7.97. The van der Waals surface area contributed by atoms with Gasteiger partial charge in [0.1, 0.15) is 5.82 Å². The predicted molar refractivity (Wildman–Crippen MR) is 70.4 cm³/mol. The fourth-order valence-electron chi connectivity index (χ4n) is 1.52. The van der Waals surface area contributed by atoms with E-state index < -0.39 is 5.92 Å². The third kappa shape index (κ3) is 3.23. The normalized spacial score (nSPS) is 11.9. The average Bonchev–Trinajstić information content (AvgIpc) is 2.29. The number of thiocarbonyl (C=S) groups is 1. The Morgan fingerprint density at radius 2 is 2.00 bits per heavy atom. The van der Waals surface area contributed by atoms with E-state index in [1.54, 1.807) is 19.2 Å². The molecule has 0 fully saturated rings. The van der Waals surface area contributed by atoms with E-state index in [0.717, 1.165) is 0 Å². The molecular formula is C12H15FN2OS. The minimum absolute atomic E-state index is 0.174. The molecule has 1 amide bonds. The number of nitrogens with zero attached hydrogens (tertiary/aromatic N) is 1. The van der Waals surface area contributed by atoms with Gasteiger partial charge in [0.25, 0.3) is 0 Å². The van der Waals surface area contributed by atoms with E-state index in [0.29, 0.717) is 12.1 Å². The summed E-state index contributed by atoms with van der Waals surface area (Å²) in [6, 6.07) is 5.70. The van der Waals surface area contributed by atoms with Gasteiger partial charge in [-0.25, -0.2) is 4.39 Å². The van der Waals surface area contributed by atoms with E-state index in [1.807, 2.05) is 6.92 Å². The number of halogens is 1. The topological polar surface area (TPSA) is 46.3 Å². The molecule has 2 N–H and O–H groups in total. The maximum atomic E-state index is 12.8. The van der Waals surface area contributed by atoms with Crippen molar-refractivity contribution >= 4 is 28.8 Å². The Kier molecular flexibility index (Phi) is 4.57. The molecule has 5 heteroatoms. The van der Waals surface area contributed by atoms with Gasteiger partial charge in [0, 0.05) is 12.7 Å². The molecule has 0 aliphatic rings. The van der Waals surface area contributed by atoms with Gasteiger partial charge in [0.2, 0.25) is 5.91 Å². The van der Waals surface area contributed by atoms with Crippen molar-refractivity contribution in [2.45, 2.75) is 13.3 Å². The van der Waals surface area contributed by atoms with Crippen LogP contribution < -0.4 is 10.6 Å². The molecule has 0 radical (unpaired) electrons. The molecule has 92 valence electrons. The maximum Gasteiger partial charge on any atom is 0.236 e. The van der Waals surface area contributed by atoms with Gasteiger partial charge in [-0.1, -0.05) is 19.1 Å². The first kappa shape index (κ1) is 13.6. The second-order valence-corrected chi connectivity index (χ2v) is 4.21. The van der Waals surface area contributed by atoms with Crippen LogP contribution in [-0.4, -0.2) is 17.9 Å². The van der Waals surface area contributed by atoms with Crippen LogP contribution in [0.5, 0.6) is 0 Å². The fourth-order valence-corrected chi connectivity index (χ4v) is 1.79. The van der Waals surface area contributed by atoms with Crippen LogP contribution in [0.3, 0.4) is 0 Å². The molecule has 1 aromatic rings. The molecule has 0 saturated carbocycles. The molecule has 0 aromatic heterocycles. The first-order valence-corrected chi connectivity index (χ1v) is 5.70. The van der Waals surface area contributed by atoms with Gasteiger partial charge in [0.15, 0.2) is 0 Å². The number of hydrogen-bond donors (Lipinski definition) is 1. The Morgan fingerprint density at radius 1 is 1.47 bits per heavy atom. The summed E-state index contributed by atoms with van der Waals surface area (Å²) >= 11 is 4.85. The van der Waals surface area contributed by atoms with Crippen LogP contribution in [0.25, 0.3) is 0 Å². The summed E-state index contributed by atoms with van der Waals surface area (Å²) < 4.78 is 12.8. The third-order valence-corrected chi connectivity index (χ3v) is 2.88. The second-order valence-electron chi connectivity index (χ2n) is 3.74. The van der Waals surface area contributed by atoms with Gasteiger partial charge in [0.05, 0.1) is 10.9 Å². The fraction of sp³-hybridized carbons (Fsp3) is 0.333. The van der Waals surface area contributed by atoms with Crippen molar-refractivity contribution in [3.05, 3.63) is 30.1 Å². The number of carbonyl (C=O) groups excluding carboxylic acids is 1. The van der Waals surface area contributed by atoms with E-state index in [1.165, 1.54) is 17.0 Å². The number of anilines is 1. The first-order valence-electron chi connectivity index (χ1n) is 5.29. The molecule has 1 atom stereocenters. The number of benzene rings is 1. The summed E-state index contributed by atoms with van der Waals surface area (Å²) in [7, 11) is 1.62. The molecule has 0 aliphatic heterocycles. The molecule has 3 nitrogen and oxygen atoms in total. The monoisotopic (exact) mass is 254 g/mol. The zero-order valence-corrected chi connectivity index (χ0v) is 10.6. The molecule has 1 rings (SSSR count). The minimum Gasteiger partial charge on any atom is -0.393 e. The van der Waals surface area contributed by atoms with E-state index in [-0.39, 0.29) is 16.7 Å². The summed E-state index contributed by atoms with van der Waals surface area (Å²) in [6.45, 7) is 1.85. The molecule has 1 unspecified atom stereocenters. The Bertz CT molecular complexity index is 419. The number of amides is 1. The van der Waals surface area contributed by atoms with Crippen molar-refractivity contribution in [3.63, 3.8) is 0 Å². The van der Waals surface area contributed by atoms with Gasteiger partial charge < -0.3 is 10.6 Å². The number of carbonyl (C=O) groups is 1. The largest absolute Gasteiger partial charge is 0.393 e. The van der Waals surface area contributed by atoms with Crippen LogP contribution >= 0.6 is 12.2 Å². The van der Waals surface area contributed by atoms with Crippen LogP contribution in [0.4, 0.5) is 10.1 Å². The standard InChI is InChI=1S/C12H15FN2OS/c1-3-10(11(14)17)12(16)15(2)9-6-4-8(13)5-7-9/h4-7,10H,3H2,1-2H3,(H2,14,17). The van der Waals surface area contributed by atoms with Crippen LogP contribution in [0.2, 0.25) is 0 Å². The second kappa shape index (κ2) is 5.72. The molecule has 0 saturated heterocycles. The highest BCUT2D eigenvalue weighted by Crippen LogP contribution is 2.17.